The zero-order chi connectivity index (χ0) is 21.7. The molecule has 0 radical (unpaired) electrons. The molecule has 1 saturated heterocycles. The average molecular weight is 412 g/mol. The van der Waals surface area contributed by atoms with Crippen molar-refractivity contribution in [2.75, 3.05) is 36.4 Å². The van der Waals surface area contributed by atoms with Crippen LogP contribution in [-0.2, 0) is 10.2 Å². The second-order valence-corrected chi connectivity index (χ2v) is 11.2. The van der Waals surface area contributed by atoms with Gasteiger partial charge in [-0.25, -0.2) is 0 Å². The van der Waals surface area contributed by atoms with Crippen molar-refractivity contribution in [2.24, 2.45) is 17.3 Å². The summed E-state index contributed by atoms with van der Waals surface area (Å²) in [5.74, 6) is 3.10. The van der Waals surface area contributed by atoms with Gasteiger partial charge in [0.25, 0.3) is 0 Å². The van der Waals surface area contributed by atoms with Crippen molar-refractivity contribution in [1.29, 1.82) is 0 Å². The van der Waals surface area contributed by atoms with Gasteiger partial charge in [-0.3, -0.25) is 9.69 Å². The molecule has 1 aromatic rings. The molecule has 0 aromatic carbocycles. The van der Waals surface area contributed by atoms with Gasteiger partial charge >= 0.3 is 0 Å². The van der Waals surface area contributed by atoms with Crippen LogP contribution in [0.1, 0.15) is 59.4 Å². The molecule has 2 fully saturated rings. The van der Waals surface area contributed by atoms with Crippen molar-refractivity contribution in [3.05, 3.63) is 24.3 Å². The normalized spacial score (nSPS) is 28.0. The third kappa shape index (κ3) is 3.98. The van der Waals surface area contributed by atoms with Gasteiger partial charge in [0.15, 0.2) is 5.82 Å². The molecule has 2 aliphatic heterocycles. The molecule has 4 rings (SSSR count). The molecule has 3 aliphatic rings. The van der Waals surface area contributed by atoms with Crippen molar-refractivity contribution in [2.45, 2.75) is 65.3 Å². The minimum absolute atomic E-state index is 0.0644. The van der Waals surface area contributed by atoms with Crippen molar-refractivity contribution in [3.63, 3.8) is 0 Å². The molecule has 0 bridgehead atoms. The first-order valence-electron chi connectivity index (χ1n) is 11.4. The fourth-order valence-corrected chi connectivity index (χ4v) is 5.36. The number of hydrogen-bond donors (Lipinski definition) is 1. The van der Waals surface area contributed by atoms with Gasteiger partial charge in [-0.2, -0.15) is 0 Å². The van der Waals surface area contributed by atoms with E-state index in [0.717, 1.165) is 23.2 Å². The molecule has 1 aromatic heterocycles. The lowest BCUT2D eigenvalue weighted by molar-refractivity contribution is -0.122. The number of amides is 1. The maximum Gasteiger partial charge on any atom is 0.238 e. The van der Waals surface area contributed by atoms with Crippen molar-refractivity contribution in [3.8, 4) is 0 Å². The zero-order valence-electron chi connectivity index (χ0n) is 19.2. The second kappa shape index (κ2) is 7.63. The Hall–Kier alpha value is -1.95. The van der Waals surface area contributed by atoms with Crippen molar-refractivity contribution < 1.29 is 4.79 Å². The van der Waals surface area contributed by atoms with Crippen molar-refractivity contribution >= 4 is 17.5 Å². The van der Waals surface area contributed by atoms with Crippen LogP contribution in [0.15, 0.2) is 18.7 Å². The standard InChI is InChI=1S/C24H37N5O/c1-7-9-29-21-19(24(5,6)22(29)30)13-20(26-27-21)25-18-11-16-14-28(15-17(16)12-18)10-8-23(2,3)4/h7,13,16-18H,1,8-12,14-15H2,2-6H3,(H,25,26)/t16-,17+,18-. The van der Waals surface area contributed by atoms with Crippen LogP contribution in [0.3, 0.4) is 0 Å². The Kier molecular flexibility index (Phi) is 5.41. The summed E-state index contributed by atoms with van der Waals surface area (Å²) in [6.07, 6.45) is 5.38. The molecule has 1 amide bonds. The van der Waals surface area contributed by atoms with E-state index in [9.17, 15) is 4.79 Å². The van der Waals surface area contributed by atoms with Crippen molar-refractivity contribution in [1.82, 2.24) is 15.1 Å². The summed E-state index contributed by atoms with van der Waals surface area (Å²) in [5, 5.41) is 12.5. The molecular weight excluding hydrogens is 374 g/mol. The molecule has 1 N–H and O–H groups in total. The number of rotatable bonds is 6. The monoisotopic (exact) mass is 411 g/mol. The number of anilines is 2. The van der Waals surface area contributed by atoms with Gasteiger partial charge in [-0.15, -0.1) is 16.8 Å². The summed E-state index contributed by atoms with van der Waals surface area (Å²) < 4.78 is 0. The highest BCUT2D eigenvalue weighted by molar-refractivity contribution is 6.06. The van der Waals surface area contributed by atoms with Crippen LogP contribution in [0, 0.1) is 17.3 Å². The Bertz CT molecular complexity index is 813. The SMILES string of the molecule is C=CCN1C(=O)C(C)(C)c2cc(N[C@@H]3C[C@@H]4CN(CCC(C)(C)C)C[C@@H]4C3)nnc21. The summed E-state index contributed by atoms with van der Waals surface area (Å²) in [6, 6.07) is 2.48. The highest BCUT2D eigenvalue weighted by Crippen LogP contribution is 2.42. The van der Waals surface area contributed by atoms with Gasteiger partial charge in [-0.1, -0.05) is 26.8 Å². The predicted molar refractivity (Wildman–Crippen MR) is 122 cm³/mol. The van der Waals surface area contributed by atoms with E-state index in [4.69, 9.17) is 0 Å². The maximum atomic E-state index is 12.8. The number of fused-ring (bicyclic) bond motifs is 2. The maximum absolute atomic E-state index is 12.8. The smallest absolute Gasteiger partial charge is 0.238 e. The Balaban J connectivity index is 1.38. The fraction of sp³-hybridized carbons (Fsp3) is 0.708. The number of nitrogens with one attached hydrogen (secondary N) is 1. The van der Waals surface area contributed by atoms with Gasteiger partial charge in [0.1, 0.15) is 5.82 Å². The molecule has 3 atom stereocenters. The Morgan fingerprint density at radius 2 is 1.90 bits per heavy atom. The van der Waals surface area contributed by atoms with E-state index in [-0.39, 0.29) is 5.91 Å². The lowest BCUT2D eigenvalue weighted by Gasteiger charge is -2.24. The van der Waals surface area contributed by atoms with E-state index in [0.29, 0.717) is 23.8 Å². The summed E-state index contributed by atoms with van der Waals surface area (Å²) >= 11 is 0. The summed E-state index contributed by atoms with van der Waals surface area (Å²) in [7, 11) is 0. The molecule has 30 heavy (non-hydrogen) atoms. The molecule has 6 nitrogen and oxygen atoms in total. The minimum Gasteiger partial charge on any atom is -0.366 e. The summed E-state index contributed by atoms with van der Waals surface area (Å²) in [5.41, 5.74) is 0.785. The molecule has 1 aliphatic carbocycles. The quantitative estimate of drug-likeness (QED) is 0.721. The molecule has 6 heteroatoms. The fourth-order valence-electron chi connectivity index (χ4n) is 5.36. The zero-order valence-corrected chi connectivity index (χ0v) is 19.2. The topological polar surface area (TPSA) is 61.4 Å². The third-order valence-electron chi connectivity index (χ3n) is 7.15. The highest BCUT2D eigenvalue weighted by atomic mass is 16.2. The summed E-state index contributed by atoms with van der Waals surface area (Å²) in [6.45, 7) is 18.8. The third-order valence-corrected chi connectivity index (χ3v) is 7.15. The number of hydrogen-bond acceptors (Lipinski definition) is 5. The lowest BCUT2D eigenvalue weighted by atomic mass is 9.87. The van der Waals surface area contributed by atoms with Crippen LogP contribution < -0.4 is 10.2 Å². The molecule has 0 unspecified atom stereocenters. The number of carbonyl (C=O) groups is 1. The van der Waals surface area contributed by atoms with Crippen LogP contribution in [0.25, 0.3) is 0 Å². The van der Waals surface area contributed by atoms with Gasteiger partial charge in [0, 0.05) is 31.2 Å². The average Bonchev–Trinajstić information content (AvgIpc) is 3.26. The van der Waals surface area contributed by atoms with Crippen LogP contribution >= 0.6 is 0 Å². The number of nitrogens with zero attached hydrogens (tertiary/aromatic N) is 4. The number of carbonyl (C=O) groups excluding carboxylic acids is 1. The van der Waals surface area contributed by atoms with Crippen LogP contribution in [0.5, 0.6) is 0 Å². The minimum atomic E-state index is -0.579. The molecule has 1 saturated carbocycles. The predicted octanol–water partition coefficient (Wildman–Crippen LogP) is 3.85. The Labute approximate surface area is 181 Å². The van der Waals surface area contributed by atoms with Crippen LogP contribution in [-0.4, -0.2) is 53.2 Å². The highest BCUT2D eigenvalue weighted by Gasteiger charge is 2.45. The first-order chi connectivity index (χ1) is 14.1. The van der Waals surface area contributed by atoms with E-state index in [1.54, 1.807) is 11.0 Å². The Morgan fingerprint density at radius 3 is 2.50 bits per heavy atom. The molecule has 3 heterocycles. The van der Waals surface area contributed by atoms with E-state index >= 15 is 0 Å². The van der Waals surface area contributed by atoms with Crippen LogP contribution in [0.4, 0.5) is 11.6 Å². The second-order valence-electron chi connectivity index (χ2n) is 11.2. The van der Waals surface area contributed by atoms with Gasteiger partial charge in [0.2, 0.25) is 5.91 Å². The molecular formula is C24H37N5O. The van der Waals surface area contributed by atoms with E-state index in [1.165, 1.54) is 38.9 Å². The van der Waals surface area contributed by atoms with E-state index in [2.05, 4.69) is 47.8 Å². The first-order valence-corrected chi connectivity index (χ1v) is 11.4. The first kappa shape index (κ1) is 21.3. The van der Waals surface area contributed by atoms with E-state index < -0.39 is 5.41 Å². The largest absolute Gasteiger partial charge is 0.366 e. The summed E-state index contributed by atoms with van der Waals surface area (Å²) in [4.78, 5) is 17.1. The Morgan fingerprint density at radius 1 is 1.23 bits per heavy atom. The molecule has 164 valence electrons. The lowest BCUT2D eigenvalue weighted by Crippen LogP contribution is -2.36. The number of likely N-dealkylation sites (tertiary alicyclic amines) is 1. The van der Waals surface area contributed by atoms with Gasteiger partial charge < -0.3 is 10.2 Å². The van der Waals surface area contributed by atoms with Gasteiger partial charge in [0.05, 0.1) is 5.41 Å². The molecule has 0 spiro atoms. The van der Waals surface area contributed by atoms with E-state index in [1.807, 2.05) is 19.9 Å². The van der Waals surface area contributed by atoms with Gasteiger partial charge in [-0.05, 0) is 63.0 Å². The number of aromatic nitrogens is 2. The van der Waals surface area contributed by atoms with Crippen LogP contribution in [0.2, 0.25) is 0 Å².